The lowest BCUT2D eigenvalue weighted by atomic mass is 10.0. The fourth-order valence-electron chi connectivity index (χ4n) is 2.17. The number of nitrogens with one attached hydrogen (secondary N) is 1. The van der Waals surface area contributed by atoms with Crippen LogP contribution in [0.4, 0.5) is 0 Å². The van der Waals surface area contributed by atoms with Crippen LogP contribution in [0.15, 0.2) is 18.2 Å². The Labute approximate surface area is 114 Å². The molecule has 102 valence electrons. The minimum absolute atomic E-state index is 0.185. The van der Waals surface area contributed by atoms with Gasteiger partial charge in [-0.2, -0.15) is 0 Å². The van der Waals surface area contributed by atoms with E-state index in [0.717, 1.165) is 5.75 Å². The highest BCUT2D eigenvalue weighted by atomic mass is 32.2. The van der Waals surface area contributed by atoms with Crippen LogP contribution in [0.5, 0.6) is 0 Å². The molecular formula is C15H25NOS. The zero-order chi connectivity index (χ0) is 13.7. The highest BCUT2D eigenvalue weighted by molar-refractivity contribution is 7.85. The van der Waals surface area contributed by atoms with Gasteiger partial charge in [-0.25, -0.2) is 0 Å². The van der Waals surface area contributed by atoms with E-state index in [1.54, 1.807) is 0 Å². The molecule has 0 amide bonds. The van der Waals surface area contributed by atoms with Gasteiger partial charge in [-0.1, -0.05) is 37.6 Å². The quantitative estimate of drug-likeness (QED) is 0.858. The largest absolute Gasteiger partial charge is 0.312 e. The second-order valence-corrected chi connectivity index (χ2v) is 6.91. The molecule has 0 aliphatic heterocycles. The molecule has 0 saturated heterocycles. The Bertz CT molecular complexity index is 415. The number of benzene rings is 1. The molecule has 0 radical (unpaired) electrons. The van der Waals surface area contributed by atoms with Gasteiger partial charge in [0.25, 0.3) is 0 Å². The van der Waals surface area contributed by atoms with Gasteiger partial charge in [0.1, 0.15) is 0 Å². The Morgan fingerprint density at radius 3 is 2.39 bits per heavy atom. The first-order valence-electron chi connectivity index (χ1n) is 6.53. The van der Waals surface area contributed by atoms with E-state index in [4.69, 9.17) is 0 Å². The van der Waals surface area contributed by atoms with E-state index in [2.05, 4.69) is 51.2 Å². The average Bonchev–Trinajstić information content (AvgIpc) is 2.25. The van der Waals surface area contributed by atoms with E-state index >= 15 is 0 Å². The van der Waals surface area contributed by atoms with Crippen LogP contribution in [-0.4, -0.2) is 22.8 Å². The molecule has 18 heavy (non-hydrogen) atoms. The molecule has 2 nitrogen and oxygen atoms in total. The predicted octanol–water partition coefficient (Wildman–Crippen LogP) is 2.97. The van der Waals surface area contributed by atoms with Gasteiger partial charge < -0.3 is 5.32 Å². The summed E-state index contributed by atoms with van der Waals surface area (Å²) in [6.45, 7) is 8.45. The van der Waals surface area contributed by atoms with Gasteiger partial charge in [0, 0.05) is 28.3 Å². The van der Waals surface area contributed by atoms with Crippen molar-refractivity contribution in [2.45, 2.75) is 33.7 Å². The van der Waals surface area contributed by atoms with E-state index in [9.17, 15) is 4.21 Å². The monoisotopic (exact) mass is 267 g/mol. The van der Waals surface area contributed by atoms with Crippen LogP contribution in [0.1, 0.15) is 36.6 Å². The van der Waals surface area contributed by atoms with Crippen molar-refractivity contribution in [3.8, 4) is 0 Å². The summed E-state index contributed by atoms with van der Waals surface area (Å²) in [5.41, 5.74) is 3.81. The second-order valence-electron chi connectivity index (χ2n) is 5.37. The predicted molar refractivity (Wildman–Crippen MR) is 80.4 cm³/mol. The molecule has 0 saturated carbocycles. The van der Waals surface area contributed by atoms with Crippen LogP contribution in [0.2, 0.25) is 0 Å². The van der Waals surface area contributed by atoms with Crippen molar-refractivity contribution in [1.29, 1.82) is 0 Å². The first-order valence-corrected chi connectivity index (χ1v) is 8.02. The molecule has 1 rings (SSSR count). The zero-order valence-corrected chi connectivity index (χ0v) is 12.9. The molecule has 0 aliphatic carbocycles. The number of hydrogen-bond donors (Lipinski definition) is 1. The maximum atomic E-state index is 12.0. The third-order valence-corrected chi connectivity index (χ3v) is 4.76. The molecule has 0 bridgehead atoms. The minimum Gasteiger partial charge on any atom is -0.312 e. The van der Waals surface area contributed by atoms with Crippen molar-refractivity contribution in [1.82, 2.24) is 5.32 Å². The maximum absolute atomic E-state index is 12.0. The molecule has 0 fully saturated rings. The van der Waals surface area contributed by atoms with E-state index in [1.165, 1.54) is 16.7 Å². The Balaban J connectivity index is 2.80. The molecule has 1 N–H and O–H groups in total. The Kier molecular flexibility index (Phi) is 6.03. The van der Waals surface area contributed by atoms with E-state index in [1.807, 2.05) is 7.05 Å². The molecule has 0 aromatic heterocycles. The van der Waals surface area contributed by atoms with Crippen molar-refractivity contribution >= 4 is 10.8 Å². The third-order valence-electron chi connectivity index (χ3n) is 3.02. The normalized spacial score (nSPS) is 14.8. The van der Waals surface area contributed by atoms with Gasteiger partial charge in [0.15, 0.2) is 0 Å². The van der Waals surface area contributed by atoms with Crippen molar-refractivity contribution in [2.75, 3.05) is 18.6 Å². The lowest BCUT2D eigenvalue weighted by Crippen LogP contribution is -2.25. The standard InChI is InChI=1S/C15H25NOS/c1-11(2)9-18(17)10-15(16-5)14-7-6-12(3)8-13(14)4/h6-8,11,15-16H,9-10H2,1-5H3. The first-order chi connectivity index (χ1) is 8.43. The molecule has 3 heteroatoms. The van der Waals surface area contributed by atoms with Crippen LogP contribution in [0, 0.1) is 19.8 Å². The highest BCUT2D eigenvalue weighted by Crippen LogP contribution is 2.20. The van der Waals surface area contributed by atoms with E-state index in [-0.39, 0.29) is 6.04 Å². The number of hydrogen-bond acceptors (Lipinski definition) is 2. The van der Waals surface area contributed by atoms with E-state index in [0.29, 0.717) is 11.7 Å². The van der Waals surface area contributed by atoms with Gasteiger partial charge >= 0.3 is 0 Å². The molecule has 1 aromatic rings. The van der Waals surface area contributed by atoms with E-state index < -0.39 is 10.8 Å². The first kappa shape index (κ1) is 15.4. The lowest BCUT2D eigenvalue weighted by Gasteiger charge is -2.19. The fourth-order valence-corrected chi connectivity index (χ4v) is 3.77. The van der Waals surface area contributed by atoms with Gasteiger partial charge in [-0.15, -0.1) is 0 Å². The molecule has 0 heterocycles. The van der Waals surface area contributed by atoms with Crippen molar-refractivity contribution in [3.05, 3.63) is 34.9 Å². The van der Waals surface area contributed by atoms with Crippen LogP contribution in [0.25, 0.3) is 0 Å². The molecule has 2 unspecified atom stereocenters. The van der Waals surface area contributed by atoms with Gasteiger partial charge in [0.05, 0.1) is 0 Å². The van der Waals surface area contributed by atoms with Crippen molar-refractivity contribution in [2.24, 2.45) is 5.92 Å². The molecule has 0 spiro atoms. The molecule has 1 aromatic carbocycles. The smallest absolute Gasteiger partial charge is 0.0437 e. The van der Waals surface area contributed by atoms with Crippen LogP contribution >= 0.6 is 0 Å². The number of aryl methyl sites for hydroxylation is 2. The Morgan fingerprint density at radius 1 is 1.22 bits per heavy atom. The van der Waals surface area contributed by atoms with Crippen LogP contribution in [-0.2, 0) is 10.8 Å². The number of rotatable bonds is 6. The minimum atomic E-state index is -0.757. The summed E-state index contributed by atoms with van der Waals surface area (Å²) >= 11 is 0. The highest BCUT2D eigenvalue weighted by Gasteiger charge is 2.15. The van der Waals surface area contributed by atoms with Gasteiger partial charge in [-0.3, -0.25) is 4.21 Å². The lowest BCUT2D eigenvalue weighted by molar-refractivity contribution is 0.624. The van der Waals surface area contributed by atoms with Crippen molar-refractivity contribution in [3.63, 3.8) is 0 Å². The summed E-state index contributed by atoms with van der Waals surface area (Å²) < 4.78 is 12.0. The summed E-state index contributed by atoms with van der Waals surface area (Å²) in [6.07, 6.45) is 0. The molecule has 2 atom stereocenters. The second kappa shape index (κ2) is 7.05. The topological polar surface area (TPSA) is 29.1 Å². The third kappa shape index (κ3) is 4.54. The Morgan fingerprint density at radius 2 is 1.89 bits per heavy atom. The van der Waals surface area contributed by atoms with Crippen molar-refractivity contribution < 1.29 is 4.21 Å². The summed E-state index contributed by atoms with van der Waals surface area (Å²) in [4.78, 5) is 0. The summed E-state index contributed by atoms with van der Waals surface area (Å²) in [7, 11) is 1.18. The SMILES string of the molecule is CNC(CS(=O)CC(C)C)c1ccc(C)cc1C. The summed E-state index contributed by atoms with van der Waals surface area (Å²) in [6, 6.07) is 6.65. The zero-order valence-electron chi connectivity index (χ0n) is 12.1. The molecule has 0 aliphatic rings. The average molecular weight is 267 g/mol. The Hall–Kier alpha value is -0.670. The van der Waals surface area contributed by atoms with Gasteiger partial charge in [-0.05, 0) is 37.9 Å². The molecular weight excluding hydrogens is 242 g/mol. The van der Waals surface area contributed by atoms with Crippen LogP contribution < -0.4 is 5.32 Å². The van der Waals surface area contributed by atoms with Gasteiger partial charge in [0.2, 0.25) is 0 Å². The maximum Gasteiger partial charge on any atom is 0.0437 e. The summed E-state index contributed by atoms with van der Waals surface area (Å²) in [5, 5.41) is 3.29. The van der Waals surface area contributed by atoms with Crippen LogP contribution in [0.3, 0.4) is 0 Å². The fraction of sp³-hybridized carbons (Fsp3) is 0.600. The summed E-state index contributed by atoms with van der Waals surface area (Å²) in [5.74, 6) is 1.96.